The number of fused-ring (bicyclic) bond motifs is 1. The molecule has 0 saturated heterocycles. The van der Waals surface area contributed by atoms with Gasteiger partial charge in [0.25, 0.3) is 0 Å². The fraction of sp³-hybridized carbons (Fsp3) is 0. The third-order valence-corrected chi connectivity index (χ3v) is 2.68. The molecule has 2 heterocycles. The first-order valence-electron chi connectivity index (χ1n) is 5.26. The summed E-state index contributed by atoms with van der Waals surface area (Å²) in [4.78, 5) is 4.47. The van der Waals surface area contributed by atoms with Crippen LogP contribution in [0.4, 0.5) is 5.69 Å². The van der Waals surface area contributed by atoms with Crippen LogP contribution in [0.15, 0.2) is 48.8 Å². The van der Waals surface area contributed by atoms with Crippen molar-refractivity contribution < 1.29 is 5.11 Å². The van der Waals surface area contributed by atoms with Crippen molar-refractivity contribution in [1.82, 2.24) is 9.38 Å². The third kappa shape index (κ3) is 1.59. The summed E-state index contributed by atoms with van der Waals surface area (Å²) in [5, 5.41) is 9.24. The first kappa shape index (κ1) is 9.72. The number of rotatable bonds is 1. The molecule has 0 amide bonds. The summed E-state index contributed by atoms with van der Waals surface area (Å²) in [5.41, 5.74) is 9.03. The normalized spacial score (nSPS) is 10.8. The largest absolute Gasteiger partial charge is 0.508 e. The highest BCUT2D eigenvalue weighted by atomic mass is 16.3. The Morgan fingerprint density at radius 1 is 1.12 bits per heavy atom. The minimum Gasteiger partial charge on any atom is -0.508 e. The minimum absolute atomic E-state index is 0.247. The lowest BCUT2D eigenvalue weighted by Gasteiger charge is -1.95. The van der Waals surface area contributed by atoms with Crippen molar-refractivity contribution in [2.75, 3.05) is 5.73 Å². The maximum atomic E-state index is 9.24. The molecule has 3 aromatic rings. The van der Waals surface area contributed by atoms with E-state index in [4.69, 9.17) is 5.73 Å². The SMILES string of the molecule is Nc1cccn2cc(-c3ccc(O)cc3)nc12. The number of benzene rings is 1. The van der Waals surface area contributed by atoms with E-state index in [2.05, 4.69) is 4.98 Å². The zero-order chi connectivity index (χ0) is 11.8. The Bertz CT molecular complexity index is 671. The van der Waals surface area contributed by atoms with Crippen LogP contribution in [0.1, 0.15) is 0 Å². The molecule has 3 N–H and O–H groups in total. The zero-order valence-corrected chi connectivity index (χ0v) is 9.04. The van der Waals surface area contributed by atoms with Gasteiger partial charge in [0.15, 0.2) is 5.65 Å². The molecule has 0 bridgehead atoms. The van der Waals surface area contributed by atoms with E-state index in [-0.39, 0.29) is 5.75 Å². The number of phenolic OH excluding ortho intramolecular Hbond substituents is 1. The second kappa shape index (κ2) is 3.52. The lowest BCUT2D eigenvalue weighted by atomic mass is 10.2. The van der Waals surface area contributed by atoms with Crippen molar-refractivity contribution in [1.29, 1.82) is 0 Å². The van der Waals surface area contributed by atoms with Gasteiger partial charge in [-0.05, 0) is 36.4 Å². The lowest BCUT2D eigenvalue weighted by molar-refractivity contribution is 0.475. The Morgan fingerprint density at radius 3 is 2.59 bits per heavy atom. The van der Waals surface area contributed by atoms with Crippen LogP contribution in [0, 0.1) is 0 Å². The second-order valence-electron chi connectivity index (χ2n) is 3.87. The smallest absolute Gasteiger partial charge is 0.160 e. The Balaban J connectivity index is 2.18. The van der Waals surface area contributed by atoms with Gasteiger partial charge in [-0.15, -0.1) is 0 Å². The number of hydrogen-bond acceptors (Lipinski definition) is 3. The van der Waals surface area contributed by atoms with Crippen molar-refractivity contribution in [3.05, 3.63) is 48.8 Å². The minimum atomic E-state index is 0.247. The van der Waals surface area contributed by atoms with Crippen LogP contribution in [0.5, 0.6) is 5.75 Å². The number of nitrogen functional groups attached to an aromatic ring is 1. The van der Waals surface area contributed by atoms with Crippen molar-refractivity contribution in [3.8, 4) is 17.0 Å². The highest BCUT2D eigenvalue weighted by Crippen LogP contribution is 2.23. The number of imidazole rings is 1. The second-order valence-corrected chi connectivity index (χ2v) is 3.87. The molecule has 2 aromatic heterocycles. The van der Waals surface area contributed by atoms with Crippen LogP contribution in [0.3, 0.4) is 0 Å². The molecule has 0 aliphatic rings. The van der Waals surface area contributed by atoms with Gasteiger partial charge < -0.3 is 15.2 Å². The molecule has 17 heavy (non-hydrogen) atoms. The van der Waals surface area contributed by atoms with Crippen molar-refractivity contribution in [3.63, 3.8) is 0 Å². The number of hydrogen-bond donors (Lipinski definition) is 2. The quantitative estimate of drug-likeness (QED) is 0.667. The van der Waals surface area contributed by atoms with E-state index in [1.165, 1.54) is 0 Å². The molecular weight excluding hydrogens is 214 g/mol. The van der Waals surface area contributed by atoms with Crippen molar-refractivity contribution in [2.45, 2.75) is 0 Å². The van der Waals surface area contributed by atoms with E-state index in [1.807, 2.05) is 41.1 Å². The van der Waals surface area contributed by atoms with Crippen molar-refractivity contribution >= 4 is 11.3 Å². The molecule has 4 heteroatoms. The average molecular weight is 225 g/mol. The predicted octanol–water partition coefficient (Wildman–Crippen LogP) is 2.29. The van der Waals surface area contributed by atoms with Crippen LogP contribution in [0.2, 0.25) is 0 Å². The van der Waals surface area contributed by atoms with Crippen molar-refractivity contribution in [2.24, 2.45) is 0 Å². The maximum absolute atomic E-state index is 9.24. The molecule has 0 fully saturated rings. The highest BCUT2D eigenvalue weighted by molar-refractivity contribution is 5.70. The van der Waals surface area contributed by atoms with Crippen LogP contribution >= 0.6 is 0 Å². The Morgan fingerprint density at radius 2 is 1.88 bits per heavy atom. The van der Waals surface area contributed by atoms with Gasteiger partial charge in [-0.3, -0.25) is 0 Å². The van der Waals surface area contributed by atoms with E-state index in [9.17, 15) is 5.11 Å². The Hall–Kier alpha value is -2.49. The maximum Gasteiger partial charge on any atom is 0.160 e. The van der Waals surface area contributed by atoms with E-state index in [0.29, 0.717) is 5.69 Å². The molecular formula is C13H11N3O. The number of anilines is 1. The average Bonchev–Trinajstić information content (AvgIpc) is 2.75. The van der Waals surface area contributed by atoms with Crippen LogP contribution in [-0.4, -0.2) is 14.5 Å². The number of aromatic hydroxyl groups is 1. The summed E-state index contributed by atoms with van der Waals surface area (Å²) in [5.74, 6) is 0.247. The molecule has 4 nitrogen and oxygen atoms in total. The first-order valence-corrected chi connectivity index (χ1v) is 5.26. The Kier molecular flexibility index (Phi) is 2.01. The third-order valence-electron chi connectivity index (χ3n) is 2.68. The van der Waals surface area contributed by atoms with Gasteiger partial charge in [0.2, 0.25) is 0 Å². The molecule has 0 unspecified atom stereocenters. The fourth-order valence-corrected chi connectivity index (χ4v) is 1.81. The molecule has 0 atom stereocenters. The molecule has 0 spiro atoms. The molecule has 0 saturated carbocycles. The number of pyridine rings is 1. The van der Waals surface area contributed by atoms with E-state index < -0.39 is 0 Å². The van der Waals surface area contributed by atoms with Gasteiger partial charge in [-0.1, -0.05) is 0 Å². The van der Waals surface area contributed by atoms with Crippen LogP contribution < -0.4 is 5.73 Å². The number of aromatic nitrogens is 2. The standard InChI is InChI=1S/C13H11N3O/c14-11-2-1-7-16-8-12(15-13(11)16)9-3-5-10(17)6-4-9/h1-8,17H,14H2. The number of nitrogens with zero attached hydrogens (tertiary/aromatic N) is 2. The van der Waals surface area contributed by atoms with Gasteiger partial charge in [0, 0.05) is 18.0 Å². The summed E-state index contributed by atoms with van der Waals surface area (Å²) >= 11 is 0. The summed E-state index contributed by atoms with van der Waals surface area (Å²) in [6.45, 7) is 0. The molecule has 84 valence electrons. The molecule has 1 aromatic carbocycles. The summed E-state index contributed by atoms with van der Waals surface area (Å²) in [6, 6.07) is 10.6. The van der Waals surface area contributed by atoms with E-state index >= 15 is 0 Å². The number of nitrogens with two attached hydrogens (primary N) is 1. The lowest BCUT2D eigenvalue weighted by Crippen LogP contribution is -1.90. The summed E-state index contributed by atoms with van der Waals surface area (Å²) in [6.07, 6.45) is 3.82. The monoisotopic (exact) mass is 225 g/mol. The molecule has 0 aliphatic carbocycles. The van der Waals surface area contributed by atoms with Gasteiger partial charge in [0.1, 0.15) is 5.75 Å². The van der Waals surface area contributed by atoms with E-state index in [0.717, 1.165) is 16.9 Å². The number of phenols is 1. The highest BCUT2D eigenvalue weighted by Gasteiger charge is 2.05. The van der Waals surface area contributed by atoms with Crippen LogP contribution in [-0.2, 0) is 0 Å². The van der Waals surface area contributed by atoms with Gasteiger partial charge in [-0.25, -0.2) is 4.98 Å². The fourth-order valence-electron chi connectivity index (χ4n) is 1.81. The Labute approximate surface area is 98.0 Å². The van der Waals surface area contributed by atoms with Gasteiger partial charge in [-0.2, -0.15) is 0 Å². The summed E-state index contributed by atoms with van der Waals surface area (Å²) < 4.78 is 1.89. The predicted molar refractivity (Wildman–Crippen MR) is 66.7 cm³/mol. The van der Waals surface area contributed by atoms with Gasteiger partial charge >= 0.3 is 0 Å². The molecule has 0 aliphatic heterocycles. The topological polar surface area (TPSA) is 63.5 Å². The molecule has 0 radical (unpaired) electrons. The first-order chi connectivity index (χ1) is 8.24. The zero-order valence-electron chi connectivity index (χ0n) is 9.04. The molecule has 3 rings (SSSR count). The van der Waals surface area contributed by atoms with E-state index in [1.54, 1.807) is 12.1 Å². The van der Waals surface area contributed by atoms with Crippen LogP contribution in [0.25, 0.3) is 16.9 Å². The van der Waals surface area contributed by atoms with Gasteiger partial charge in [0.05, 0.1) is 11.4 Å². The summed E-state index contributed by atoms with van der Waals surface area (Å²) in [7, 11) is 0.